The highest BCUT2D eigenvalue weighted by Crippen LogP contribution is 2.17. The Morgan fingerprint density at radius 1 is 1.05 bits per heavy atom. The first-order chi connectivity index (χ1) is 9.90. The molecule has 2 rings (SSSR count). The van der Waals surface area contributed by atoms with Crippen molar-refractivity contribution in [2.45, 2.75) is 53.0 Å². The molecular formula is C18H32N2. The first-order valence-electron chi connectivity index (χ1n) is 8.40. The Hall–Kier alpha value is -0.860. The van der Waals surface area contributed by atoms with Crippen molar-refractivity contribution in [3.63, 3.8) is 0 Å². The fraction of sp³-hybridized carbons (Fsp3) is 0.667. The summed E-state index contributed by atoms with van der Waals surface area (Å²) < 4.78 is 0. The molecule has 0 saturated heterocycles. The standard InChI is InChI=1S/C16H26N2.C2H6/c1-2-3-6-10-17-11-13-18-12-9-15-7-4-5-8-16(15)14-18;1-2/h4-5,7-8,17H,2-3,6,9-14H2,1H3;1-2H3. The number of unbranched alkanes of at least 4 members (excludes halogenated alkanes) is 2. The van der Waals surface area contributed by atoms with E-state index in [1.54, 1.807) is 5.56 Å². The minimum atomic E-state index is 1.13. The van der Waals surface area contributed by atoms with E-state index >= 15 is 0 Å². The van der Waals surface area contributed by atoms with Gasteiger partial charge in [0.25, 0.3) is 0 Å². The van der Waals surface area contributed by atoms with E-state index in [1.165, 1.54) is 50.9 Å². The lowest BCUT2D eigenvalue weighted by Gasteiger charge is -2.28. The SMILES string of the molecule is CC.CCCCCNCCN1CCc2ccccc2C1. The van der Waals surface area contributed by atoms with Crippen molar-refractivity contribution in [2.75, 3.05) is 26.2 Å². The molecule has 0 saturated carbocycles. The number of rotatable bonds is 7. The lowest BCUT2D eigenvalue weighted by atomic mass is 10.00. The second-order valence-electron chi connectivity index (χ2n) is 5.25. The molecule has 0 aliphatic carbocycles. The minimum absolute atomic E-state index is 1.13. The molecule has 2 heteroatoms. The van der Waals surface area contributed by atoms with Gasteiger partial charge in [0.05, 0.1) is 0 Å². The largest absolute Gasteiger partial charge is 0.315 e. The van der Waals surface area contributed by atoms with Crippen LogP contribution in [0.3, 0.4) is 0 Å². The summed E-state index contributed by atoms with van der Waals surface area (Å²) in [5.41, 5.74) is 3.07. The molecule has 1 aromatic rings. The predicted molar refractivity (Wildman–Crippen MR) is 89.2 cm³/mol. The predicted octanol–water partition coefficient (Wildman–Crippen LogP) is 3.85. The first kappa shape index (κ1) is 17.2. The van der Waals surface area contributed by atoms with E-state index in [4.69, 9.17) is 0 Å². The smallest absolute Gasteiger partial charge is 0.0237 e. The molecular weight excluding hydrogens is 244 g/mol. The average molecular weight is 276 g/mol. The van der Waals surface area contributed by atoms with E-state index in [-0.39, 0.29) is 0 Å². The molecule has 1 N–H and O–H groups in total. The van der Waals surface area contributed by atoms with Crippen molar-refractivity contribution in [3.8, 4) is 0 Å². The van der Waals surface area contributed by atoms with Gasteiger partial charge in [-0.25, -0.2) is 0 Å². The number of benzene rings is 1. The van der Waals surface area contributed by atoms with Gasteiger partial charge in [0.2, 0.25) is 0 Å². The van der Waals surface area contributed by atoms with Crippen molar-refractivity contribution >= 4 is 0 Å². The van der Waals surface area contributed by atoms with Gasteiger partial charge in [0.15, 0.2) is 0 Å². The lowest BCUT2D eigenvalue weighted by molar-refractivity contribution is 0.254. The third-order valence-electron chi connectivity index (χ3n) is 3.77. The summed E-state index contributed by atoms with van der Waals surface area (Å²) in [7, 11) is 0. The molecule has 0 aromatic heterocycles. The second kappa shape index (κ2) is 10.9. The molecule has 1 aliphatic heterocycles. The molecule has 0 spiro atoms. The van der Waals surface area contributed by atoms with Gasteiger partial charge in [0, 0.05) is 26.2 Å². The van der Waals surface area contributed by atoms with Crippen molar-refractivity contribution in [2.24, 2.45) is 0 Å². The van der Waals surface area contributed by atoms with Crippen LogP contribution in [0.4, 0.5) is 0 Å². The summed E-state index contributed by atoms with van der Waals surface area (Å²) in [6.45, 7) is 12.1. The number of nitrogens with zero attached hydrogens (tertiary/aromatic N) is 1. The summed E-state index contributed by atoms with van der Waals surface area (Å²) in [5, 5.41) is 3.55. The van der Waals surface area contributed by atoms with Crippen molar-refractivity contribution < 1.29 is 0 Å². The van der Waals surface area contributed by atoms with Crippen molar-refractivity contribution in [1.29, 1.82) is 0 Å². The molecule has 0 unspecified atom stereocenters. The molecule has 0 amide bonds. The van der Waals surface area contributed by atoms with Crippen molar-refractivity contribution in [1.82, 2.24) is 10.2 Å². The Morgan fingerprint density at radius 3 is 2.55 bits per heavy atom. The topological polar surface area (TPSA) is 15.3 Å². The van der Waals surface area contributed by atoms with Crippen LogP contribution in [0, 0.1) is 0 Å². The zero-order valence-electron chi connectivity index (χ0n) is 13.6. The maximum Gasteiger partial charge on any atom is 0.0237 e. The molecule has 2 nitrogen and oxygen atoms in total. The van der Waals surface area contributed by atoms with E-state index in [9.17, 15) is 0 Å². The normalized spacial score (nSPS) is 14.3. The van der Waals surface area contributed by atoms with Crippen LogP contribution in [-0.4, -0.2) is 31.1 Å². The van der Waals surface area contributed by atoms with E-state index in [0.717, 1.165) is 13.1 Å². The van der Waals surface area contributed by atoms with Gasteiger partial charge in [-0.15, -0.1) is 0 Å². The van der Waals surface area contributed by atoms with Gasteiger partial charge >= 0.3 is 0 Å². The summed E-state index contributed by atoms with van der Waals surface area (Å²) in [6.07, 6.45) is 5.19. The maximum atomic E-state index is 3.55. The molecule has 114 valence electrons. The summed E-state index contributed by atoms with van der Waals surface area (Å²) in [6, 6.07) is 8.86. The van der Waals surface area contributed by atoms with E-state index in [0.29, 0.717) is 0 Å². The number of fused-ring (bicyclic) bond motifs is 1. The van der Waals surface area contributed by atoms with Crippen LogP contribution >= 0.6 is 0 Å². The molecule has 1 aliphatic rings. The summed E-state index contributed by atoms with van der Waals surface area (Å²) in [5.74, 6) is 0. The van der Waals surface area contributed by atoms with Gasteiger partial charge < -0.3 is 5.32 Å². The van der Waals surface area contributed by atoms with Gasteiger partial charge in [-0.2, -0.15) is 0 Å². The summed E-state index contributed by atoms with van der Waals surface area (Å²) in [4.78, 5) is 2.56. The highest BCUT2D eigenvalue weighted by atomic mass is 15.1. The Kier molecular flexibility index (Phi) is 9.35. The monoisotopic (exact) mass is 276 g/mol. The quantitative estimate of drug-likeness (QED) is 0.761. The summed E-state index contributed by atoms with van der Waals surface area (Å²) >= 11 is 0. The third kappa shape index (κ3) is 6.06. The van der Waals surface area contributed by atoms with Crippen LogP contribution in [0.5, 0.6) is 0 Å². The van der Waals surface area contributed by atoms with E-state index < -0.39 is 0 Å². The van der Waals surface area contributed by atoms with Crippen molar-refractivity contribution in [3.05, 3.63) is 35.4 Å². The molecule has 1 heterocycles. The zero-order chi connectivity index (χ0) is 14.6. The molecule has 1 aromatic carbocycles. The van der Waals surface area contributed by atoms with Crippen LogP contribution in [0.2, 0.25) is 0 Å². The Morgan fingerprint density at radius 2 is 1.80 bits per heavy atom. The highest BCUT2D eigenvalue weighted by molar-refractivity contribution is 5.28. The minimum Gasteiger partial charge on any atom is -0.315 e. The van der Waals surface area contributed by atoms with Crippen LogP contribution in [0.25, 0.3) is 0 Å². The van der Waals surface area contributed by atoms with Crippen LogP contribution in [-0.2, 0) is 13.0 Å². The van der Waals surface area contributed by atoms with Crippen LogP contribution < -0.4 is 5.32 Å². The molecule has 0 fully saturated rings. The molecule has 0 atom stereocenters. The highest BCUT2D eigenvalue weighted by Gasteiger charge is 2.14. The van der Waals surface area contributed by atoms with E-state index in [1.807, 2.05) is 13.8 Å². The third-order valence-corrected chi connectivity index (χ3v) is 3.77. The average Bonchev–Trinajstić information content (AvgIpc) is 2.52. The van der Waals surface area contributed by atoms with Gasteiger partial charge in [-0.1, -0.05) is 57.9 Å². The molecule has 20 heavy (non-hydrogen) atoms. The second-order valence-corrected chi connectivity index (χ2v) is 5.25. The Balaban J connectivity index is 0.000000956. The van der Waals surface area contributed by atoms with Crippen LogP contribution in [0.15, 0.2) is 24.3 Å². The number of nitrogens with one attached hydrogen (secondary N) is 1. The van der Waals surface area contributed by atoms with Crippen LogP contribution in [0.1, 0.15) is 51.2 Å². The lowest BCUT2D eigenvalue weighted by Crippen LogP contribution is -2.36. The maximum absolute atomic E-state index is 3.55. The van der Waals surface area contributed by atoms with E-state index in [2.05, 4.69) is 41.4 Å². The Labute approximate surface area is 125 Å². The fourth-order valence-electron chi connectivity index (χ4n) is 2.61. The number of hydrogen-bond acceptors (Lipinski definition) is 2. The zero-order valence-corrected chi connectivity index (χ0v) is 13.6. The molecule has 0 bridgehead atoms. The van der Waals surface area contributed by atoms with Gasteiger partial charge in [0.1, 0.15) is 0 Å². The Bertz CT molecular complexity index is 349. The number of hydrogen-bond donors (Lipinski definition) is 1. The van der Waals surface area contributed by atoms with Gasteiger partial charge in [-0.05, 0) is 30.5 Å². The molecule has 0 radical (unpaired) electrons. The first-order valence-corrected chi connectivity index (χ1v) is 8.40. The fourth-order valence-corrected chi connectivity index (χ4v) is 2.61. The van der Waals surface area contributed by atoms with Gasteiger partial charge in [-0.3, -0.25) is 4.90 Å².